The Hall–Kier alpha value is 0.01000. The SMILES string of the molecule is NC1NC(CBr)=CC=C1Cl. The van der Waals surface area contributed by atoms with Crippen molar-refractivity contribution in [2.24, 2.45) is 5.73 Å². The Morgan fingerprint density at radius 2 is 2.40 bits per heavy atom. The monoisotopic (exact) mass is 222 g/mol. The van der Waals surface area contributed by atoms with E-state index >= 15 is 0 Å². The molecule has 0 spiro atoms. The van der Waals surface area contributed by atoms with Gasteiger partial charge in [0.25, 0.3) is 0 Å². The average Bonchev–Trinajstić information content (AvgIpc) is 1.95. The first-order valence-corrected chi connectivity index (χ1v) is 4.38. The summed E-state index contributed by atoms with van der Waals surface area (Å²) in [5.41, 5.74) is 6.62. The van der Waals surface area contributed by atoms with E-state index in [0.717, 1.165) is 11.0 Å². The van der Waals surface area contributed by atoms with Crippen LogP contribution in [0.2, 0.25) is 0 Å². The van der Waals surface area contributed by atoms with Gasteiger partial charge in [-0.05, 0) is 12.2 Å². The van der Waals surface area contributed by atoms with Crippen LogP contribution in [0.5, 0.6) is 0 Å². The van der Waals surface area contributed by atoms with Crippen LogP contribution in [-0.2, 0) is 0 Å². The van der Waals surface area contributed by atoms with Gasteiger partial charge >= 0.3 is 0 Å². The van der Waals surface area contributed by atoms with Gasteiger partial charge in [0, 0.05) is 11.0 Å². The van der Waals surface area contributed by atoms with Crippen LogP contribution in [0.4, 0.5) is 0 Å². The van der Waals surface area contributed by atoms with E-state index < -0.39 is 0 Å². The van der Waals surface area contributed by atoms with Crippen LogP contribution in [0.25, 0.3) is 0 Å². The van der Waals surface area contributed by atoms with E-state index in [4.69, 9.17) is 17.3 Å². The number of dihydropyridines is 1. The van der Waals surface area contributed by atoms with Gasteiger partial charge in [0.15, 0.2) is 0 Å². The second-order valence-electron chi connectivity index (χ2n) is 2.00. The number of allylic oxidation sites excluding steroid dienone is 3. The van der Waals surface area contributed by atoms with E-state index in [1.165, 1.54) is 0 Å². The van der Waals surface area contributed by atoms with Crippen LogP contribution in [0.15, 0.2) is 22.9 Å². The molecule has 0 bridgehead atoms. The van der Waals surface area contributed by atoms with Crippen molar-refractivity contribution in [3.05, 3.63) is 22.9 Å². The smallest absolute Gasteiger partial charge is 0.111 e. The van der Waals surface area contributed by atoms with Gasteiger partial charge < -0.3 is 11.1 Å². The molecule has 0 fully saturated rings. The molecule has 1 rings (SSSR count). The van der Waals surface area contributed by atoms with Crippen molar-refractivity contribution in [3.63, 3.8) is 0 Å². The minimum absolute atomic E-state index is 0.237. The van der Waals surface area contributed by atoms with Crippen molar-refractivity contribution in [3.8, 4) is 0 Å². The van der Waals surface area contributed by atoms with Crippen LogP contribution < -0.4 is 11.1 Å². The molecule has 1 heterocycles. The third-order valence-electron chi connectivity index (χ3n) is 1.23. The molecule has 0 saturated carbocycles. The normalized spacial score (nSPS) is 24.9. The predicted octanol–water partition coefficient (Wildman–Crippen LogP) is 1.28. The van der Waals surface area contributed by atoms with Crippen molar-refractivity contribution in [2.75, 3.05) is 5.33 Å². The van der Waals surface area contributed by atoms with Gasteiger partial charge in [-0.25, -0.2) is 0 Å². The quantitative estimate of drug-likeness (QED) is 0.657. The summed E-state index contributed by atoms with van der Waals surface area (Å²) in [6, 6.07) is 0. The van der Waals surface area contributed by atoms with Gasteiger partial charge in [-0.3, -0.25) is 0 Å². The minimum Gasteiger partial charge on any atom is -0.368 e. The van der Waals surface area contributed by atoms with Crippen molar-refractivity contribution in [1.82, 2.24) is 5.32 Å². The summed E-state index contributed by atoms with van der Waals surface area (Å²) in [5, 5.41) is 4.43. The Morgan fingerprint density at radius 1 is 1.70 bits per heavy atom. The van der Waals surface area contributed by atoms with Gasteiger partial charge in [-0.15, -0.1) is 0 Å². The van der Waals surface area contributed by atoms with Gasteiger partial charge in [0.05, 0.1) is 5.03 Å². The number of hydrogen-bond donors (Lipinski definition) is 2. The van der Waals surface area contributed by atoms with Crippen LogP contribution in [0.1, 0.15) is 0 Å². The van der Waals surface area contributed by atoms with Crippen LogP contribution in [-0.4, -0.2) is 11.5 Å². The molecular weight excluding hydrogens is 215 g/mol. The summed E-state index contributed by atoms with van der Waals surface area (Å²) in [5.74, 6) is 0. The zero-order chi connectivity index (χ0) is 7.56. The summed E-state index contributed by atoms with van der Waals surface area (Å²) in [6.07, 6.45) is 3.47. The molecule has 1 atom stereocenters. The first-order valence-electron chi connectivity index (χ1n) is 2.88. The summed E-state index contributed by atoms with van der Waals surface area (Å²) in [4.78, 5) is 0. The lowest BCUT2D eigenvalue weighted by Crippen LogP contribution is -2.39. The highest BCUT2D eigenvalue weighted by Crippen LogP contribution is 2.12. The zero-order valence-electron chi connectivity index (χ0n) is 5.27. The average molecular weight is 224 g/mol. The number of alkyl halides is 1. The Morgan fingerprint density at radius 3 is 2.90 bits per heavy atom. The van der Waals surface area contributed by atoms with Gasteiger partial charge in [-0.1, -0.05) is 27.5 Å². The molecule has 0 aliphatic carbocycles. The fourth-order valence-electron chi connectivity index (χ4n) is 0.684. The van der Waals surface area contributed by atoms with E-state index in [-0.39, 0.29) is 6.17 Å². The molecule has 1 unspecified atom stereocenters. The van der Waals surface area contributed by atoms with Crippen molar-refractivity contribution < 1.29 is 0 Å². The molecular formula is C6H8BrClN2. The standard InChI is InChI=1S/C6H8BrClN2/c7-3-4-1-2-5(8)6(9)10-4/h1-2,6,10H,3,9H2. The third-order valence-corrected chi connectivity index (χ3v) is 2.19. The summed E-state index contributed by atoms with van der Waals surface area (Å²) < 4.78 is 0. The maximum atomic E-state index is 5.70. The van der Waals surface area contributed by atoms with Crippen molar-refractivity contribution >= 4 is 27.5 Å². The number of halogens is 2. The minimum atomic E-state index is -0.237. The summed E-state index contributed by atoms with van der Waals surface area (Å²) >= 11 is 9.00. The highest BCUT2D eigenvalue weighted by atomic mass is 79.9. The molecule has 2 nitrogen and oxygen atoms in total. The van der Waals surface area contributed by atoms with E-state index in [9.17, 15) is 0 Å². The Balaban J connectivity index is 2.68. The highest BCUT2D eigenvalue weighted by molar-refractivity contribution is 9.09. The third kappa shape index (κ3) is 1.75. The fourth-order valence-corrected chi connectivity index (χ4v) is 1.15. The van der Waals surface area contributed by atoms with Crippen LogP contribution >= 0.6 is 27.5 Å². The first-order chi connectivity index (χ1) is 4.74. The number of hydrogen-bond acceptors (Lipinski definition) is 2. The maximum Gasteiger partial charge on any atom is 0.111 e. The van der Waals surface area contributed by atoms with Crippen LogP contribution in [0, 0.1) is 0 Å². The van der Waals surface area contributed by atoms with E-state index in [0.29, 0.717) is 5.03 Å². The zero-order valence-corrected chi connectivity index (χ0v) is 7.61. The first kappa shape index (κ1) is 8.11. The molecule has 1 aliphatic heterocycles. The van der Waals surface area contributed by atoms with Crippen molar-refractivity contribution in [1.29, 1.82) is 0 Å². The largest absolute Gasteiger partial charge is 0.368 e. The Bertz CT molecular complexity index is 188. The molecule has 10 heavy (non-hydrogen) atoms. The molecule has 3 N–H and O–H groups in total. The molecule has 4 heteroatoms. The molecule has 0 aromatic rings. The number of nitrogens with one attached hydrogen (secondary N) is 1. The highest BCUT2D eigenvalue weighted by Gasteiger charge is 2.10. The van der Waals surface area contributed by atoms with E-state index in [1.807, 2.05) is 6.08 Å². The molecule has 1 aliphatic rings. The van der Waals surface area contributed by atoms with E-state index in [1.54, 1.807) is 6.08 Å². The molecule has 0 saturated heterocycles. The van der Waals surface area contributed by atoms with Crippen molar-refractivity contribution in [2.45, 2.75) is 6.17 Å². The molecule has 0 amide bonds. The summed E-state index contributed by atoms with van der Waals surface area (Å²) in [6.45, 7) is 0. The Labute approximate surface area is 73.2 Å². The number of rotatable bonds is 1. The molecule has 0 aromatic carbocycles. The maximum absolute atomic E-state index is 5.70. The second kappa shape index (κ2) is 3.42. The van der Waals surface area contributed by atoms with E-state index in [2.05, 4.69) is 21.2 Å². The van der Waals surface area contributed by atoms with Gasteiger partial charge in [0.1, 0.15) is 6.17 Å². The Kier molecular flexibility index (Phi) is 2.77. The molecule has 56 valence electrons. The lowest BCUT2D eigenvalue weighted by molar-refractivity contribution is 0.682. The number of nitrogens with two attached hydrogens (primary N) is 1. The topological polar surface area (TPSA) is 38.0 Å². The summed E-state index contributed by atoms with van der Waals surface area (Å²) in [7, 11) is 0. The van der Waals surface area contributed by atoms with Crippen LogP contribution in [0.3, 0.4) is 0 Å². The predicted molar refractivity (Wildman–Crippen MR) is 46.9 cm³/mol. The van der Waals surface area contributed by atoms with Gasteiger partial charge in [0.2, 0.25) is 0 Å². The molecule has 0 radical (unpaired) electrons. The van der Waals surface area contributed by atoms with Gasteiger partial charge in [-0.2, -0.15) is 0 Å². The lowest BCUT2D eigenvalue weighted by atomic mass is 10.3. The molecule has 0 aromatic heterocycles. The fraction of sp³-hybridized carbons (Fsp3) is 0.333. The second-order valence-corrected chi connectivity index (χ2v) is 3.00. The lowest BCUT2D eigenvalue weighted by Gasteiger charge is -2.19.